The van der Waals surface area contributed by atoms with Crippen LogP contribution < -0.4 is 15.4 Å². The first-order chi connectivity index (χ1) is 15.0. The Balaban J connectivity index is 1.54. The number of nitrogens with zero attached hydrogens (tertiary/aromatic N) is 3. The van der Waals surface area contributed by atoms with E-state index in [1.807, 2.05) is 18.2 Å². The first-order valence-electron chi connectivity index (χ1n) is 11.1. The second-order valence-electron chi connectivity index (χ2n) is 8.62. The Hall–Kier alpha value is -3.04. The van der Waals surface area contributed by atoms with Crippen LogP contribution in [0, 0.1) is 11.3 Å². The van der Waals surface area contributed by atoms with Gasteiger partial charge in [-0.3, -0.25) is 9.69 Å². The van der Waals surface area contributed by atoms with Crippen LogP contribution in [0.15, 0.2) is 42.5 Å². The number of rotatable bonds is 7. The normalized spacial score (nSPS) is 17.4. The highest BCUT2D eigenvalue weighted by Gasteiger charge is 2.28. The third-order valence-electron chi connectivity index (χ3n) is 6.47. The lowest BCUT2D eigenvalue weighted by Gasteiger charge is -2.42. The molecule has 2 aliphatic heterocycles. The van der Waals surface area contributed by atoms with Crippen molar-refractivity contribution in [2.75, 3.05) is 24.6 Å². The minimum absolute atomic E-state index is 0.177. The van der Waals surface area contributed by atoms with Gasteiger partial charge in [0.25, 0.3) is 0 Å². The maximum atomic E-state index is 11.3. The number of anilines is 1. The van der Waals surface area contributed by atoms with Crippen molar-refractivity contribution in [1.29, 1.82) is 5.26 Å². The van der Waals surface area contributed by atoms with Gasteiger partial charge in [0.15, 0.2) is 0 Å². The van der Waals surface area contributed by atoms with Crippen LogP contribution in [-0.2, 0) is 17.8 Å². The molecule has 162 valence electrons. The number of ether oxygens (including phenoxy) is 1. The summed E-state index contributed by atoms with van der Waals surface area (Å²) in [6.07, 6.45) is 3.40. The van der Waals surface area contributed by atoms with Crippen LogP contribution in [0.4, 0.5) is 5.69 Å². The Morgan fingerprint density at radius 3 is 2.84 bits per heavy atom. The third kappa shape index (κ3) is 5.00. The molecular weight excluding hydrogens is 388 g/mol. The van der Waals surface area contributed by atoms with E-state index in [0.717, 1.165) is 56.8 Å². The largest absolute Gasteiger partial charge is 0.493 e. The number of fused-ring (bicyclic) bond motifs is 1. The molecule has 0 aliphatic carbocycles. The fraction of sp³-hybridized carbons (Fsp3) is 0.440. The fourth-order valence-electron chi connectivity index (χ4n) is 4.78. The molecule has 1 unspecified atom stereocenters. The molecular formula is C25H30N4O2. The van der Waals surface area contributed by atoms with Crippen LogP contribution >= 0.6 is 0 Å². The minimum atomic E-state index is -0.242. The summed E-state index contributed by atoms with van der Waals surface area (Å²) in [5.74, 6) is 0.749. The monoisotopic (exact) mass is 418 g/mol. The predicted octanol–water partition coefficient (Wildman–Crippen LogP) is 3.23. The smallest absolute Gasteiger partial charge is 0.218 e. The van der Waals surface area contributed by atoms with Crippen molar-refractivity contribution in [3.63, 3.8) is 0 Å². The maximum absolute atomic E-state index is 11.3. The van der Waals surface area contributed by atoms with Gasteiger partial charge in [-0.1, -0.05) is 12.1 Å². The molecule has 2 N–H and O–H groups in total. The van der Waals surface area contributed by atoms with Gasteiger partial charge < -0.3 is 15.4 Å². The van der Waals surface area contributed by atoms with E-state index in [0.29, 0.717) is 18.0 Å². The summed E-state index contributed by atoms with van der Waals surface area (Å²) in [5, 5.41) is 9.30. The summed E-state index contributed by atoms with van der Waals surface area (Å²) in [4.78, 5) is 16.2. The van der Waals surface area contributed by atoms with Gasteiger partial charge in [0.2, 0.25) is 5.91 Å². The van der Waals surface area contributed by atoms with Gasteiger partial charge >= 0.3 is 0 Å². The minimum Gasteiger partial charge on any atom is -0.493 e. The summed E-state index contributed by atoms with van der Waals surface area (Å²) in [5.41, 5.74) is 9.70. The van der Waals surface area contributed by atoms with Crippen molar-refractivity contribution < 1.29 is 9.53 Å². The van der Waals surface area contributed by atoms with Gasteiger partial charge in [-0.25, -0.2) is 0 Å². The van der Waals surface area contributed by atoms with Gasteiger partial charge in [-0.05, 0) is 61.2 Å². The van der Waals surface area contributed by atoms with Gasteiger partial charge in [-0.15, -0.1) is 0 Å². The average molecular weight is 419 g/mol. The summed E-state index contributed by atoms with van der Waals surface area (Å²) in [6, 6.07) is 17.2. The Kier molecular flexibility index (Phi) is 6.43. The van der Waals surface area contributed by atoms with Gasteiger partial charge in [0.1, 0.15) is 5.75 Å². The van der Waals surface area contributed by atoms with Crippen molar-refractivity contribution in [3.8, 4) is 11.8 Å². The molecule has 6 nitrogen and oxygen atoms in total. The molecule has 1 fully saturated rings. The lowest BCUT2D eigenvalue weighted by Crippen LogP contribution is -2.48. The van der Waals surface area contributed by atoms with Crippen molar-refractivity contribution >= 4 is 11.6 Å². The number of primary amides is 1. The number of nitrogens with two attached hydrogens (primary N) is 1. The molecule has 31 heavy (non-hydrogen) atoms. The first-order valence-corrected chi connectivity index (χ1v) is 11.1. The van der Waals surface area contributed by atoms with E-state index in [9.17, 15) is 10.1 Å². The highest BCUT2D eigenvalue weighted by Crippen LogP contribution is 2.33. The molecule has 1 saturated heterocycles. The average Bonchev–Trinajstić information content (AvgIpc) is 3.25. The molecule has 2 heterocycles. The van der Waals surface area contributed by atoms with E-state index in [-0.39, 0.29) is 11.9 Å². The second kappa shape index (κ2) is 9.40. The van der Waals surface area contributed by atoms with Crippen molar-refractivity contribution in [3.05, 3.63) is 59.2 Å². The van der Waals surface area contributed by atoms with Crippen LogP contribution in [0.25, 0.3) is 0 Å². The van der Waals surface area contributed by atoms with Gasteiger partial charge in [-0.2, -0.15) is 5.26 Å². The summed E-state index contributed by atoms with van der Waals surface area (Å²) >= 11 is 0. The van der Waals surface area contributed by atoms with Crippen LogP contribution in [0.5, 0.6) is 5.75 Å². The second-order valence-corrected chi connectivity index (χ2v) is 8.62. The van der Waals surface area contributed by atoms with E-state index in [4.69, 9.17) is 10.5 Å². The molecule has 1 amide bonds. The van der Waals surface area contributed by atoms with Gasteiger partial charge in [0.05, 0.1) is 18.2 Å². The quantitative estimate of drug-likeness (QED) is 0.746. The van der Waals surface area contributed by atoms with Crippen molar-refractivity contribution in [1.82, 2.24) is 4.90 Å². The molecule has 0 saturated carbocycles. The van der Waals surface area contributed by atoms with Gasteiger partial charge in [0, 0.05) is 50.2 Å². The number of hydrogen-bond acceptors (Lipinski definition) is 5. The number of carbonyl (C=O) groups excluding carboxylic acids is 1. The number of likely N-dealkylation sites (tertiary alicyclic amines) is 1. The number of hydrogen-bond donors (Lipinski definition) is 1. The molecule has 1 atom stereocenters. The third-order valence-corrected chi connectivity index (χ3v) is 6.47. The van der Waals surface area contributed by atoms with E-state index >= 15 is 0 Å². The molecule has 0 bridgehead atoms. The maximum Gasteiger partial charge on any atom is 0.218 e. The van der Waals surface area contributed by atoms with Crippen LogP contribution in [0.3, 0.4) is 0 Å². The lowest BCUT2D eigenvalue weighted by molar-refractivity contribution is -0.119. The van der Waals surface area contributed by atoms with E-state index in [2.05, 4.69) is 47.1 Å². The fourth-order valence-corrected chi connectivity index (χ4v) is 4.78. The molecule has 0 aromatic heterocycles. The van der Waals surface area contributed by atoms with E-state index < -0.39 is 0 Å². The predicted molar refractivity (Wildman–Crippen MR) is 121 cm³/mol. The first kappa shape index (κ1) is 21.2. The summed E-state index contributed by atoms with van der Waals surface area (Å²) < 4.78 is 5.70. The Bertz CT molecular complexity index is 976. The Labute approximate surface area is 184 Å². The molecule has 2 aromatic carbocycles. The van der Waals surface area contributed by atoms with Crippen LogP contribution in [0.2, 0.25) is 0 Å². The SMILES string of the molecule is CC(CC(N)=O)N1CCC(N(Cc2cccc(C#N)c2)c2ccc3c(c2)CCO3)CC1. The standard InChI is InChI=1S/C25H30N4O2/c1-18(13-25(27)30)28-10-7-22(8-11-28)29(17-20-4-2-3-19(14-20)16-26)23-5-6-24-21(15-23)9-12-31-24/h2-6,14-15,18,22H,7-13,17H2,1H3,(H2,27,30). The van der Waals surface area contributed by atoms with Crippen molar-refractivity contribution in [2.45, 2.75) is 51.2 Å². The zero-order chi connectivity index (χ0) is 21.8. The molecule has 4 rings (SSSR count). The van der Waals surface area contributed by atoms with Crippen LogP contribution in [-0.4, -0.2) is 42.6 Å². The zero-order valence-corrected chi connectivity index (χ0v) is 18.1. The summed E-state index contributed by atoms with van der Waals surface area (Å²) in [7, 11) is 0. The van der Waals surface area contributed by atoms with Crippen molar-refractivity contribution in [2.24, 2.45) is 5.73 Å². The molecule has 2 aliphatic rings. The topological polar surface area (TPSA) is 82.6 Å². The Morgan fingerprint density at radius 2 is 2.10 bits per heavy atom. The number of carbonyl (C=O) groups is 1. The number of piperidine rings is 1. The molecule has 0 spiro atoms. The van der Waals surface area contributed by atoms with E-state index in [1.54, 1.807) is 0 Å². The molecule has 6 heteroatoms. The Morgan fingerprint density at radius 1 is 1.29 bits per heavy atom. The lowest BCUT2D eigenvalue weighted by atomic mass is 9.98. The highest BCUT2D eigenvalue weighted by molar-refractivity contribution is 5.74. The molecule has 0 radical (unpaired) electrons. The summed E-state index contributed by atoms with van der Waals surface area (Å²) in [6.45, 7) is 5.48. The highest BCUT2D eigenvalue weighted by atomic mass is 16.5. The van der Waals surface area contributed by atoms with Crippen LogP contribution in [0.1, 0.15) is 42.9 Å². The number of nitriles is 1. The van der Waals surface area contributed by atoms with E-state index in [1.165, 1.54) is 11.3 Å². The number of benzene rings is 2. The number of amides is 1. The zero-order valence-electron chi connectivity index (χ0n) is 18.1. The molecule has 2 aromatic rings.